The highest BCUT2D eigenvalue weighted by atomic mass is 16.5. The van der Waals surface area contributed by atoms with Crippen molar-refractivity contribution in [3.05, 3.63) is 59.1 Å². The molecule has 0 aliphatic rings. The van der Waals surface area contributed by atoms with Gasteiger partial charge in [0.15, 0.2) is 5.58 Å². The second-order valence-electron chi connectivity index (χ2n) is 4.99. The summed E-state index contributed by atoms with van der Waals surface area (Å²) in [5, 5.41) is 2.78. The van der Waals surface area contributed by atoms with Gasteiger partial charge in [0.25, 0.3) is 0 Å². The third kappa shape index (κ3) is 3.11. The van der Waals surface area contributed by atoms with Crippen molar-refractivity contribution < 1.29 is 13.9 Å². The predicted molar refractivity (Wildman–Crippen MR) is 86.7 cm³/mol. The molecule has 0 unspecified atom stereocenters. The molecule has 6 heteroatoms. The van der Waals surface area contributed by atoms with Crippen LogP contribution in [0.2, 0.25) is 0 Å². The fourth-order valence-electron chi connectivity index (χ4n) is 2.40. The number of amides is 1. The Morgan fingerprint density at radius 3 is 2.74 bits per heavy atom. The minimum atomic E-state index is -0.462. The summed E-state index contributed by atoms with van der Waals surface area (Å²) >= 11 is 0. The molecule has 0 fully saturated rings. The average molecular weight is 312 g/mol. The number of carbonyl (C=O) groups is 1. The summed E-state index contributed by atoms with van der Waals surface area (Å²) in [5.41, 5.74) is 1.80. The summed E-state index contributed by atoms with van der Waals surface area (Å²) in [6, 6.07) is 14.3. The number of aryl methyl sites for hydroxylation is 1. The van der Waals surface area contributed by atoms with Gasteiger partial charge in [-0.25, -0.2) is 4.79 Å². The summed E-state index contributed by atoms with van der Waals surface area (Å²) in [6.07, 6.45) is 0.154. The molecule has 0 saturated heterocycles. The molecular weight excluding hydrogens is 296 g/mol. The van der Waals surface area contributed by atoms with E-state index >= 15 is 0 Å². The highest BCUT2D eigenvalue weighted by molar-refractivity contribution is 5.92. The fraction of sp³-hybridized carbons (Fsp3) is 0.176. The predicted octanol–water partition coefficient (Wildman–Crippen LogP) is 2.63. The Bertz CT molecular complexity index is 895. The monoisotopic (exact) mass is 312 g/mol. The first-order valence-corrected chi connectivity index (χ1v) is 7.20. The zero-order valence-electron chi connectivity index (χ0n) is 12.6. The van der Waals surface area contributed by atoms with Crippen LogP contribution in [0, 0.1) is 0 Å². The summed E-state index contributed by atoms with van der Waals surface area (Å²) in [7, 11) is 1.54. The zero-order chi connectivity index (χ0) is 16.2. The third-order valence-corrected chi connectivity index (χ3v) is 3.52. The van der Waals surface area contributed by atoms with Gasteiger partial charge in [0.1, 0.15) is 5.75 Å². The molecule has 6 nitrogen and oxygen atoms in total. The van der Waals surface area contributed by atoms with Gasteiger partial charge in [0, 0.05) is 13.0 Å². The molecule has 1 amide bonds. The standard InChI is InChI=1S/C17H16N2O4/c1-22-14-8-4-2-6-12(14)18-16(20)10-11-19-13-7-3-5-9-15(13)23-17(19)21/h2-9H,10-11H2,1H3,(H,18,20). The van der Waals surface area contributed by atoms with E-state index in [1.165, 1.54) is 4.57 Å². The number of nitrogens with one attached hydrogen (secondary N) is 1. The smallest absolute Gasteiger partial charge is 0.419 e. The van der Waals surface area contributed by atoms with Crippen LogP contribution in [0.4, 0.5) is 5.69 Å². The maximum absolute atomic E-state index is 12.1. The normalized spacial score (nSPS) is 10.7. The van der Waals surface area contributed by atoms with Gasteiger partial charge in [-0.3, -0.25) is 9.36 Å². The lowest BCUT2D eigenvalue weighted by atomic mass is 10.2. The van der Waals surface area contributed by atoms with Gasteiger partial charge >= 0.3 is 5.76 Å². The summed E-state index contributed by atoms with van der Waals surface area (Å²) < 4.78 is 11.8. The van der Waals surface area contributed by atoms with Gasteiger partial charge in [-0.2, -0.15) is 0 Å². The van der Waals surface area contributed by atoms with Crippen LogP contribution in [0.3, 0.4) is 0 Å². The SMILES string of the molecule is COc1ccccc1NC(=O)CCn1c(=O)oc2ccccc21. The number of hydrogen-bond donors (Lipinski definition) is 1. The number of nitrogens with zero attached hydrogens (tertiary/aromatic N) is 1. The van der Waals surface area contributed by atoms with E-state index in [1.807, 2.05) is 18.2 Å². The van der Waals surface area contributed by atoms with E-state index in [0.29, 0.717) is 22.5 Å². The van der Waals surface area contributed by atoms with E-state index in [0.717, 1.165) is 0 Å². The first kappa shape index (κ1) is 14.9. The quantitative estimate of drug-likeness (QED) is 0.786. The minimum Gasteiger partial charge on any atom is -0.495 e. The molecule has 3 aromatic rings. The van der Waals surface area contributed by atoms with Crippen LogP contribution in [-0.2, 0) is 11.3 Å². The molecule has 0 spiro atoms. The molecule has 1 N–H and O–H groups in total. The van der Waals surface area contributed by atoms with Crippen molar-refractivity contribution in [2.75, 3.05) is 12.4 Å². The lowest BCUT2D eigenvalue weighted by Gasteiger charge is -2.09. The van der Waals surface area contributed by atoms with Crippen molar-refractivity contribution in [1.82, 2.24) is 4.57 Å². The lowest BCUT2D eigenvalue weighted by molar-refractivity contribution is -0.116. The Balaban J connectivity index is 1.71. The molecule has 0 aliphatic heterocycles. The van der Waals surface area contributed by atoms with E-state index in [1.54, 1.807) is 37.4 Å². The van der Waals surface area contributed by atoms with E-state index in [4.69, 9.17) is 9.15 Å². The maximum Gasteiger partial charge on any atom is 0.419 e. The number of benzene rings is 2. The first-order chi connectivity index (χ1) is 11.2. The van der Waals surface area contributed by atoms with Gasteiger partial charge in [-0.15, -0.1) is 0 Å². The molecule has 23 heavy (non-hydrogen) atoms. The number of ether oxygens (including phenoxy) is 1. The number of methoxy groups -OCH3 is 1. The molecule has 1 aromatic heterocycles. The third-order valence-electron chi connectivity index (χ3n) is 3.52. The maximum atomic E-state index is 12.1. The number of oxazole rings is 1. The van der Waals surface area contributed by atoms with Crippen molar-refractivity contribution in [3.8, 4) is 5.75 Å². The van der Waals surface area contributed by atoms with Crippen LogP contribution in [0.1, 0.15) is 6.42 Å². The van der Waals surface area contributed by atoms with Crippen molar-refractivity contribution >= 4 is 22.7 Å². The Kier molecular flexibility index (Phi) is 4.14. The molecule has 0 bridgehead atoms. The van der Waals surface area contributed by atoms with Crippen LogP contribution in [0.25, 0.3) is 11.1 Å². The second-order valence-corrected chi connectivity index (χ2v) is 4.99. The number of carbonyl (C=O) groups excluding carboxylic acids is 1. The summed E-state index contributed by atoms with van der Waals surface area (Å²) in [5.74, 6) is -0.0743. The van der Waals surface area contributed by atoms with Gasteiger partial charge in [-0.05, 0) is 24.3 Å². The Labute approximate surface area is 132 Å². The number of fused-ring (bicyclic) bond motifs is 1. The number of rotatable bonds is 5. The molecule has 0 aliphatic carbocycles. The molecule has 1 heterocycles. The highest BCUT2D eigenvalue weighted by Crippen LogP contribution is 2.23. The van der Waals surface area contributed by atoms with E-state index < -0.39 is 5.76 Å². The van der Waals surface area contributed by atoms with E-state index in [-0.39, 0.29) is 18.9 Å². The second kappa shape index (κ2) is 6.39. The largest absolute Gasteiger partial charge is 0.495 e. The summed E-state index contributed by atoms with van der Waals surface area (Å²) in [4.78, 5) is 24.0. The molecule has 0 radical (unpaired) electrons. The first-order valence-electron chi connectivity index (χ1n) is 7.20. The van der Waals surface area contributed by atoms with Crippen molar-refractivity contribution in [3.63, 3.8) is 0 Å². The fourth-order valence-corrected chi connectivity index (χ4v) is 2.40. The molecule has 0 saturated carbocycles. The molecule has 2 aromatic carbocycles. The van der Waals surface area contributed by atoms with Crippen LogP contribution < -0.4 is 15.8 Å². The molecule has 3 rings (SSSR count). The van der Waals surface area contributed by atoms with Crippen molar-refractivity contribution in [2.45, 2.75) is 13.0 Å². The highest BCUT2D eigenvalue weighted by Gasteiger charge is 2.11. The number of anilines is 1. The van der Waals surface area contributed by atoms with Crippen LogP contribution in [0.5, 0.6) is 5.75 Å². The Morgan fingerprint density at radius 1 is 1.17 bits per heavy atom. The number of para-hydroxylation sites is 4. The van der Waals surface area contributed by atoms with Gasteiger partial charge in [0.05, 0.1) is 18.3 Å². The molecule has 0 atom stereocenters. The Morgan fingerprint density at radius 2 is 1.91 bits per heavy atom. The number of hydrogen-bond acceptors (Lipinski definition) is 4. The van der Waals surface area contributed by atoms with Gasteiger partial charge < -0.3 is 14.5 Å². The topological polar surface area (TPSA) is 73.5 Å². The van der Waals surface area contributed by atoms with Gasteiger partial charge in [-0.1, -0.05) is 24.3 Å². The van der Waals surface area contributed by atoms with Crippen molar-refractivity contribution in [1.29, 1.82) is 0 Å². The minimum absolute atomic E-state index is 0.154. The van der Waals surface area contributed by atoms with Gasteiger partial charge in [0.2, 0.25) is 5.91 Å². The van der Waals surface area contributed by atoms with Crippen LogP contribution in [-0.4, -0.2) is 17.6 Å². The van der Waals surface area contributed by atoms with Crippen molar-refractivity contribution in [2.24, 2.45) is 0 Å². The zero-order valence-corrected chi connectivity index (χ0v) is 12.6. The lowest BCUT2D eigenvalue weighted by Crippen LogP contribution is -2.20. The average Bonchev–Trinajstić information content (AvgIpc) is 2.88. The number of aromatic nitrogens is 1. The molecule has 118 valence electrons. The van der Waals surface area contributed by atoms with E-state index in [9.17, 15) is 9.59 Å². The summed E-state index contributed by atoms with van der Waals surface area (Å²) in [6.45, 7) is 0.247. The van der Waals surface area contributed by atoms with Crippen LogP contribution in [0.15, 0.2) is 57.7 Å². The van der Waals surface area contributed by atoms with Crippen LogP contribution >= 0.6 is 0 Å². The Hall–Kier alpha value is -3.02. The molecular formula is C17H16N2O4. The van der Waals surface area contributed by atoms with E-state index in [2.05, 4.69) is 5.32 Å².